The number of amides is 2. The Morgan fingerprint density at radius 3 is 2.83 bits per heavy atom. The minimum atomic E-state index is -0.407. The average Bonchev–Trinajstić information content (AvgIpc) is 3.43. The first-order valence-electron chi connectivity index (χ1n) is 10.8. The number of thiocarbonyl (C=S) groups is 1. The van der Waals surface area contributed by atoms with Crippen LogP contribution in [0.1, 0.15) is 18.4 Å². The van der Waals surface area contributed by atoms with Gasteiger partial charge in [-0.05, 0) is 48.7 Å². The van der Waals surface area contributed by atoms with Gasteiger partial charge in [0.15, 0.2) is 18.1 Å². The highest BCUT2D eigenvalue weighted by atomic mass is 35.5. The molecule has 2 fully saturated rings. The summed E-state index contributed by atoms with van der Waals surface area (Å²) in [5.41, 5.74) is 1.12. The number of rotatable bonds is 8. The zero-order valence-electron chi connectivity index (χ0n) is 18.7. The second-order valence-electron chi connectivity index (χ2n) is 7.78. The van der Waals surface area contributed by atoms with Crippen LogP contribution in [-0.4, -0.2) is 54.0 Å². The van der Waals surface area contributed by atoms with Gasteiger partial charge >= 0.3 is 0 Å². The molecule has 2 aliphatic rings. The van der Waals surface area contributed by atoms with Gasteiger partial charge in [0.1, 0.15) is 4.32 Å². The molecule has 184 valence electrons. The standard InChI is InChI=1S/C24H22Cl2N2O5S2/c1-31-19-10-14(11-20-23(30)28(24(34)35-20)12-15-5-4-8-32-15)9-17(26)22(19)33-13-21(29)27-18-7-3-2-6-16(18)25/h2-3,6-7,9-11,15H,4-5,8,12-13H2,1H3,(H,27,29)/b20-11-/t15-/m0/s1. The van der Waals surface area contributed by atoms with E-state index in [-0.39, 0.29) is 29.4 Å². The zero-order chi connectivity index (χ0) is 24.9. The first-order chi connectivity index (χ1) is 16.9. The molecule has 35 heavy (non-hydrogen) atoms. The molecule has 4 rings (SSSR count). The van der Waals surface area contributed by atoms with E-state index < -0.39 is 5.91 Å². The molecule has 0 aliphatic carbocycles. The molecule has 2 amide bonds. The van der Waals surface area contributed by atoms with Gasteiger partial charge in [-0.25, -0.2) is 0 Å². The quantitative estimate of drug-likeness (QED) is 0.347. The molecular formula is C24H22Cl2N2O5S2. The molecular weight excluding hydrogens is 531 g/mol. The van der Waals surface area contributed by atoms with E-state index >= 15 is 0 Å². The molecule has 2 aromatic rings. The topological polar surface area (TPSA) is 77.1 Å². The van der Waals surface area contributed by atoms with Crippen LogP contribution in [0, 0.1) is 0 Å². The summed E-state index contributed by atoms with van der Waals surface area (Å²) < 4.78 is 17.2. The van der Waals surface area contributed by atoms with Gasteiger partial charge in [0.2, 0.25) is 0 Å². The lowest BCUT2D eigenvalue weighted by molar-refractivity contribution is -0.123. The Kier molecular flexibility index (Phi) is 8.56. The number of carbonyl (C=O) groups excluding carboxylic acids is 2. The molecule has 0 radical (unpaired) electrons. The molecule has 0 unspecified atom stereocenters. The second-order valence-corrected chi connectivity index (χ2v) is 10.3. The van der Waals surface area contributed by atoms with Gasteiger partial charge in [-0.3, -0.25) is 14.5 Å². The van der Waals surface area contributed by atoms with Crippen LogP contribution in [0.15, 0.2) is 41.3 Å². The smallest absolute Gasteiger partial charge is 0.266 e. The van der Waals surface area contributed by atoms with Crippen LogP contribution >= 0.6 is 47.2 Å². The summed E-state index contributed by atoms with van der Waals surface area (Å²) >= 11 is 19.2. The predicted octanol–water partition coefficient (Wildman–Crippen LogP) is 5.40. The van der Waals surface area contributed by atoms with Crippen molar-refractivity contribution in [2.45, 2.75) is 18.9 Å². The van der Waals surface area contributed by atoms with Crippen LogP contribution < -0.4 is 14.8 Å². The van der Waals surface area contributed by atoms with Crippen molar-refractivity contribution in [1.29, 1.82) is 0 Å². The molecule has 7 nitrogen and oxygen atoms in total. The molecule has 0 bridgehead atoms. The van der Waals surface area contributed by atoms with E-state index in [4.69, 9.17) is 49.6 Å². The molecule has 0 saturated carbocycles. The van der Waals surface area contributed by atoms with Crippen LogP contribution in [0.4, 0.5) is 5.69 Å². The van der Waals surface area contributed by atoms with Crippen molar-refractivity contribution in [2.24, 2.45) is 0 Å². The molecule has 2 heterocycles. The number of hydrogen-bond acceptors (Lipinski definition) is 7. The fraction of sp³-hybridized carbons (Fsp3) is 0.292. The van der Waals surface area contributed by atoms with Gasteiger partial charge in [0, 0.05) is 6.61 Å². The number of benzene rings is 2. The average molecular weight is 553 g/mol. The first-order valence-corrected chi connectivity index (χ1v) is 12.8. The monoisotopic (exact) mass is 552 g/mol. The summed E-state index contributed by atoms with van der Waals surface area (Å²) in [6.07, 6.45) is 3.62. The number of methoxy groups -OCH3 is 1. The molecule has 2 aromatic carbocycles. The Bertz CT molecular complexity index is 1180. The normalized spacial score (nSPS) is 18.9. The Morgan fingerprint density at radius 1 is 1.31 bits per heavy atom. The Morgan fingerprint density at radius 2 is 2.11 bits per heavy atom. The minimum absolute atomic E-state index is 0.0120. The third-order valence-corrected chi connectivity index (χ3v) is 7.32. The molecule has 1 atom stereocenters. The van der Waals surface area contributed by atoms with E-state index in [1.807, 2.05) is 0 Å². The van der Waals surface area contributed by atoms with Crippen molar-refractivity contribution in [3.05, 3.63) is 56.9 Å². The lowest BCUT2D eigenvalue weighted by atomic mass is 10.1. The fourth-order valence-electron chi connectivity index (χ4n) is 3.65. The van der Waals surface area contributed by atoms with Gasteiger partial charge in [-0.15, -0.1) is 0 Å². The van der Waals surface area contributed by atoms with Crippen LogP contribution in [-0.2, 0) is 14.3 Å². The number of ether oxygens (including phenoxy) is 3. The number of hydrogen-bond donors (Lipinski definition) is 1. The Balaban J connectivity index is 1.45. The molecule has 0 aromatic heterocycles. The number of nitrogens with zero attached hydrogens (tertiary/aromatic N) is 1. The van der Waals surface area contributed by atoms with E-state index in [0.29, 0.717) is 44.4 Å². The zero-order valence-corrected chi connectivity index (χ0v) is 21.9. The van der Waals surface area contributed by atoms with E-state index in [1.54, 1.807) is 47.4 Å². The SMILES string of the molecule is COc1cc(/C=C2\SC(=S)N(C[C@@H]3CCCO3)C2=O)cc(Cl)c1OCC(=O)Nc1ccccc1Cl. The molecule has 2 aliphatic heterocycles. The van der Waals surface area contributed by atoms with Crippen molar-refractivity contribution >= 4 is 75.1 Å². The molecule has 11 heteroatoms. The lowest BCUT2D eigenvalue weighted by Crippen LogP contribution is -2.35. The third kappa shape index (κ3) is 6.29. The minimum Gasteiger partial charge on any atom is -0.493 e. The molecule has 1 N–H and O–H groups in total. The van der Waals surface area contributed by atoms with E-state index in [9.17, 15) is 9.59 Å². The number of para-hydroxylation sites is 1. The maximum Gasteiger partial charge on any atom is 0.266 e. The first kappa shape index (κ1) is 25.8. The largest absolute Gasteiger partial charge is 0.493 e. The number of nitrogens with one attached hydrogen (secondary N) is 1. The molecule has 0 spiro atoms. The summed E-state index contributed by atoms with van der Waals surface area (Å²) in [6.45, 7) is 0.862. The number of halogens is 2. The number of thioether (sulfide) groups is 1. The van der Waals surface area contributed by atoms with Crippen LogP contribution in [0.5, 0.6) is 11.5 Å². The van der Waals surface area contributed by atoms with Crippen molar-refractivity contribution in [2.75, 3.05) is 32.2 Å². The van der Waals surface area contributed by atoms with E-state index in [2.05, 4.69) is 5.32 Å². The van der Waals surface area contributed by atoms with E-state index in [1.165, 1.54) is 18.9 Å². The van der Waals surface area contributed by atoms with Crippen molar-refractivity contribution < 1.29 is 23.8 Å². The summed E-state index contributed by atoms with van der Waals surface area (Å²) in [6, 6.07) is 10.2. The fourth-order valence-corrected chi connectivity index (χ4v) is 5.38. The summed E-state index contributed by atoms with van der Waals surface area (Å²) in [4.78, 5) is 27.3. The van der Waals surface area contributed by atoms with Gasteiger partial charge in [0.25, 0.3) is 11.8 Å². The predicted molar refractivity (Wildman–Crippen MR) is 142 cm³/mol. The summed E-state index contributed by atoms with van der Waals surface area (Å²) in [5, 5.41) is 3.33. The van der Waals surface area contributed by atoms with Gasteiger partial charge in [-0.1, -0.05) is 59.3 Å². The van der Waals surface area contributed by atoms with E-state index in [0.717, 1.165) is 12.8 Å². The van der Waals surface area contributed by atoms with Gasteiger partial charge < -0.3 is 19.5 Å². The summed E-state index contributed by atoms with van der Waals surface area (Å²) in [5.74, 6) is -0.0342. The Hall–Kier alpha value is -2.30. The molecule has 2 saturated heterocycles. The highest BCUT2D eigenvalue weighted by molar-refractivity contribution is 8.26. The lowest BCUT2D eigenvalue weighted by Gasteiger charge is -2.18. The van der Waals surface area contributed by atoms with Crippen molar-refractivity contribution in [1.82, 2.24) is 4.90 Å². The maximum absolute atomic E-state index is 12.9. The van der Waals surface area contributed by atoms with Gasteiger partial charge in [0.05, 0.1) is 40.4 Å². The highest BCUT2D eigenvalue weighted by Crippen LogP contribution is 2.39. The van der Waals surface area contributed by atoms with Crippen LogP contribution in [0.25, 0.3) is 6.08 Å². The van der Waals surface area contributed by atoms with Crippen molar-refractivity contribution in [3.8, 4) is 11.5 Å². The Labute approximate surface area is 222 Å². The summed E-state index contributed by atoms with van der Waals surface area (Å²) in [7, 11) is 1.47. The van der Waals surface area contributed by atoms with Crippen molar-refractivity contribution in [3.63, 3.8) is 0 Å². The third-order valence-electron chi connectivity index (χ3n) is 5.33. The van der Waals surface area contributed by atoms with Gasteiger partial charge in [-0.2, -0.15) is 0 Å². The number of carbonyl (C=O) groups is 2. The number of anilines is 1. The highest BCUT2D eigenvalue weighted by Gasteiger charge is 2.34. The maximum atomic E-state index is 12.9. The van der Waals surface area contributed by atoms with Crippen LogP contribution in [0.2, 0.25) is 10.0 Å². The van der Waals surface area contributed by atoms with Crippen LogP contribution in [0.3, 0.4) is 0 Å². The second kappa shape index (κ2) is 11.6.